The van der Waals surface area contributed by atoms with Crippen molar-refractivity contribution in [3.05, 3.63) is 47.5 Å². The molecule has 0 unspecified atom stereocenters. The maximum atomic E-state index is 11.9. The molecular formula is C17H18O8. The first-order chi connectivity index (χ1) is 11.8. The third-order valence-corrected chi connectivity index (χ3v) is 2.97. The van der Waals surface area contributed by atoms with Crippen LogP contribution in [0.15, 0.2) is 30.9 Å². The van der Waals surface area contributed by atoms with E-state index in [0.717, 1.165) is 6.08 Å². The Bertz CT molecular complexity index is 677. The monoisotopic (exact) mass is 350 g/mol. The summed E-state index contributed by atoms with van der Waals surface area (Å²) in [6, 6.07) is 4.09. The average Bonchev–Trinajstić information content (AvgIpc) is 2.57. The molecule has 0 fully saturated rings. The summed E-state index contributed by atoms with van der Waals surface area (Å²) in [7, 11) is 0. The van der Waals surface area contributed by atoms with Crippen molar-refractivity contribution in [3.8, 4) is 0 Å². The van der Waals surface area contributed by atoms with E-state index in [-0.39, 0.29) is 24.3 Å². The second kappa shape index (κ2) is 9.86. The molecule has 0 saturated heterocycles. The van der Waals surface area contributed by atoms with Crippen molar-refractivity contribution in [2.75, 3.05) is 13.2 Å². The van der Waals surface area contributed by atoms with Crippen LogP contribution in [0, 0.1) is 6.92 Å². The van der Waals surface area contributed by atoms with Gasteiger partial charge >= 0.3 is 24.1 Å². The predicted molar refractivity (Wildman–Crippen MR) is 85.3 cm³/mol. The quantitative estimate of drug-likeness (QED) is 0.329. The standard InChI is InChI=1S/C17H18O8/c1-3-14(18)23-8-4-5-9-24-17(22)25-16(21)12-7-6-11(2)10-13(12)15(19)20/h3,6-7,10H,1,4-5,8-9H2,2H3,(H,19,20). The van der Waals surface area contributed by atoms with Gasteiger partial charge in [-0.05, 0) is 31.9 Å². The topological polar surface area (TPSA) is 116 Å². The molecule has 1 aromatic carbocycles. The van der Waals surface area contributed by atoms with E-state index in [0.29, 0.717) is 18.4 Å². The number of hydrogen-bond donors (Lipinski definition) is 1. The van der Waals surface area contributed by atoms with Crippen LogP contribution in [0.2, 0.25) is 0 Å². The third kappa shape index (κ3) is 6.86. The summed E-state index contributed by atoms with van der Waals surface area (Å²) < 4.78 is 13.9. The van der Waals surface area contributed by atoms with E-state index in [1.807, 2.05) is 0 Å². The number of carboxylic acid groups (broad SMARTS) is 1. The Morgan fingerprint density at radius 3 is 2.32 bits per heavy atom. The number of carbonyl (C=O) groups is 4. The van der Waals surface area contributed by atoms with Crippen LogP contribution in [0.5, 0.6) is 0 Å². The maximum Gasteiger partial charge on any atom is 0.516 e. The van der Waals surface area contributed by atoms with Gasteiger partial charge in [-0.1, -0.05) is 18.2 Å². The zero-order valence-electron chi connectivity index (χ0n) is 13.6. The van der Waals surface area contributed by atoms with Crippen LogP contribution in [-0.4, -0.2) is 42.4 Å². The first-order valence-electron chi connectivity index (χ1n) is 7.37. The van der Waals surface area contributed by atoms with Crippen molar-refractivity contribution < 1.29 is 38.5 Å². The van der Waals surface area contributed by atoms with E-state index >= 15 is 0 Å². The Morgan fingerprint density at radius 1 is 1.08 bits per heavy atom. The van der Waals surface area contributed by atoms with E-state index in [2.05, 4.69) is 11.3 Å². The van der Waals surface area contributed by atoms with Crippen molar-refractivity contribution in [2.24, 2.45) is 0 Å². The Kier molecular flexibility index (Phi) is 7.85. The SMILES string of the molecule is C=CC(=O)OCCCCOC(=O)OC(=O)c1ccc(C)cc1C(=O)O. The van der Waals surface area contributed by atoms with Gasteiger partial charge in [-0.2, -0.15) is 0 Å². The Morgan fingerprint density at radius 2 is 1.72 bits per heavy atom. The fourth-order valence-electron chi connectivity index (χ4n) is 1.76. The van der Waals surface area contributed by atoms with E-state index in [4.69, 9.17) is 14.6 Å². The second-order valence-electron chi connectivity index (χ2n) is 4.92. The zero-order chi connectivity index (χ0) is 18.8. The van der Waals surface area contributed by atoms with Crippen LogP contribution in [-0.2, 0) is 19.0 Å². The Balaban J connectivity index is 2.42. The van der Waals surface area contributed by atoms with E-state index in [1.165, 1.54) is 18.2 Å². The molecule has 0 heterocycles. The number of unbranched alkanes of at least 4 members (excludes halogenated alkanes) is 1. The molecule has 8 heteroatoms. The van der Waals surface area contributed by atoms with Crippen molar-refractivity contribution in [2.45, 2.75) is 19.8 Å². The zero-order valence-corrected chi connectivity index (χ0v) is 13.6. The summed E-state index contributed by atoms with van der Waals surface area (Å²) in [6.45, 7) is 5.02. The van der Waals surface area contributed by atoms with Crippen molar-refractivity contribution in [1.82, 2.24) is 0 Å². The minimum atomic E-state index is -1.31. The van der Waals surface area contributed by atoms with Crippen molar-refractivity contribution in [1.29, 1.82) is 0 Å². The third-order valence-electron chi connectivity index (χ3n) is 2.97. The minimum absolute atomic E-state index is 0.0442. The molecule has 0 aromatic heterocycles. The van der Waals surface area contributed by atoms with Gasteiger partial charge in [0.1, 0.15) is 0 Å². The summed E-state index contributed by atoms with van der Waals surface area (Å²) >= 11 is 0. The van der Waals surface area contributed by atoms with Gasteiger partial charge in [-0.25, -0.2) is 19.2 Å². The fraction of sp³-hybridized carbons (Fsp3) is 0.294. The van der Waals surface area contributed by atoms with Gasteiger partial charge in [-0.15, -0.1) is 0 Å². The van der Waals surface area contributed by atoms with Gasteiger partial charge in [0, 0.05) is 6.08 Å². The molecule has 8 nitrogen and oxygen atoms in total. The highest BCUT2D eigenvalue weighted by molar-refractivity contribution is 6.04. The molecule has 1 rings (SSSR count). The second-order valence-corrected chi connectivity index (χ2v) is 4.92. The lowest BCUT2D eigenvalue weighted by Crippen LogP contribution is -2.17. The molecule has 0 amide bonds. The number of carboxylic acids is 1. The van der Waals surface area contributed by atoms with Crippen LogP contribution in [0.25, 0.3) is 0 Å². The van der Waals surface area contributed by atoms with Gasteiger partial charge < -0.3 is 19.3 Å². The lowest BCUT2D eigenvalue weighted by Gasteiger charge is -2.07. The summed E-state index contributed by atoms with van der Waals surface area (Å²) in [4.78, 5) is 45.3. The molecule has 0 aliphatic heterocycles. The molecule has 1 N–H and O–H groups in total. The summed E-state index contributed by atoms with van der Waals surface area (Å²) in [5.41, 5.74) is 0.141. The summed E-state index contributed by atoms with van der Waals surface area (Å²) in [5, 5.41) is 9.09. The highest BCUT2D eigenvalue weighted by Gasteiger charge is 2.21. The largest absolute Gasteiger partial charge is 0.516 e. The van der Waals surface area contributed by atoms with E-state index < -0.39 is 24.1 Å². The van der Waals surface area contributed by atoms with Crippen LogP contribution in [0.1, 0.15) is 39.1 Å². The molecule has 0 aliphatic carbocycles. The molecule has 1 aromatic rings. The molecule has 0 aliphatic rings. The van der Waals surface area contributed by atoms with Crippen molar-refractivity contribution >= 4 is 24.1 Å². The highest BCUT2D eigenvalue weighted by Crippen LogP contribution is 2.13. The summed E-state index contributed by atoms with van der Waals surface area (Å²) in [6.07, 6.45) is 0.640. The van der Waals surface area contributed by atoms with Gasteiger partial charge in [0.05, 0.1) is 24.3 Å². The fourth-order valence-corrected chi connectivity index (χ4v) is 1.76. The number of ether oxygens (including phenoxy) is 3. The first-order valence-corrected chi connectivity index (χ1v) is 7.37. The number of carbonyl (C=O) groups excluding carboxylic acids is 3. The number of aryl methyl sites for hydroxylation is 1. The lowest BCUT2D eigenvalue weighted by atomic mass is 10.0. The number of hydrogen-bond acceptors (Lipinski definition) is 7. The molecule has 0 saturated carbocycles. The van der Waals surface area contributed by atoms with Crippen LogP contribution in [0.3, 0.4) is 0 Å². The smallest absolute Gasteiger partial charge is 0.478 e. The maximum absolute atomic E-state index is 11.9. The van der Waals surface area contributed by atoms with E-state index in [9.17, 15) is 19.2 Å². The Labute approximate surface area is 144 Å². The molecule has 0 spiro atoms. The van der Waals surface area contributed by atoms with Gasteiger partial charge in [-0.3, -0.25) is 0 Å². The summed E-state index contributed by atoms with van der Waals surface area (Å²) in [5.74, 6) is -2.96. The van der Waals surface area contributed by atoms with E-state index in [1.54, 1.807) is 6.92 Å². The normalized spacial score (nSPS) is 9.80. The molecule has 0 radical (unpaired) electrons. The number of rotatable bonds is 8. The lowest BCUT2D eigenvalue weighted by molar-refractivity contribution is -0.137. The van der Waals surface area contributed by atoms with Gasteiger partial charge in [0.25, 0.3) is 0 Å². The average molecular weight is 350 g/mol. The van der Waals surface area contributed by atoms with Crippen LogP contribution >= 0.6 is 0 Å². The number of aromatic carboxylic acids is 1. The van der Waals surface area contributed by atoms with Crippen molar-refractivity contribution in [3.63, 3.8) is 0 Å². The molecule has 0 atom stereocenters. The van der Waals surface area contributed by atoms with Crippen LogP contribution < -0.4 is 0 Å². The minimum Gasteiger partial charge on any atom is -0.478 e. The molecule has 25 heavy (non-hydrogen) atoms. The highest BCUT2D eigenvalue weighted by atomic mass is 16.7. The molecular weight excluding hydrogens is 332 g/mol. The van der Waals surface area contributed by atoms with Gasteiger partial charge in [0.15, 0.2) is 0 Å². The Hall–Kier alpha value is -3.16. The van der Waals surface area contributed by atoms with Crippen LogP contribution in [0.4, 0.5) is 4.79 Å². The number of benzene rings is 1. The molecule has 134 valence electrons. The predicted octanol–water partition coefficient (Wildman–Crippen LogP) is 2.50. The number of esters is 2. The molecule has 0 bridgehead atoms. The first kappa shape index (κ1) is 19.9. The van der Waals surface area contributed by atoms with Gasteiger partial charge in [0.2, 0.25) is 0 Å².